The zero-order valence-corrected chi connectivity index (χ0v) is 19.8. The largest absolute Gasteiger partial charge is 0.450 e. The number of ether oxygens (including phenoxy) is 2. The van der Waals surface area contributed by atoms with Crippen LogP contribution in [0, 0.1) is 0 Å². The highest BCUT2D eigenvalue weighted by atomic mass is 127. The number of guanidine groups is 1. The Bertz CT molecular complexity index is 503. The number of halogens is 1. The number of carbonyl (C=O) groups excluding carboxylic acids is 2. The summed E-state index contributed by atoms with van der Waals surface area (Å²) < 4.78 is 10.2. The predicted octanol–water partition coefficient (Wildman–Crippen LogP) is 2.43. The molecule has 0 radical (unpaired) electrons. The number of hydrogen-bond donors (Lipinski definition) is 3. The second-order valence-electron chi connectivity index (χ2n) is 7.51. The van der Waals surface area contributed by atoms with Gasteiger partial charge in [-0.15, -0.1) is 24.0 Å². The Morgan fingerprint density at radius 1 is 1.21 bits per heavy atom. The standard InChI is InChI=1S/C18H35N5O4.HI/c1-5-26-17(25)23-12-8-14(9-13-23)22-15(19)20-10-6-7-11-21-16(24)27-18(2,3)4;/h14H,5-13H2,1-4H3,(H,21,24)(H3,19,20,22);1H. The summed E-state index contributed by atoms with van der Waals surface area (Å²) in [6.45, 7) is 10.1. The molecule has 1 heterocycles. The van der Waals surface area contributed by atoms with Gasteiger partial charge in [-0.2, -0.15) is 0 Å². The van der Waals surface area contributed by atoms with Crippen molar-refractivity contribution in [2.45, 2.75) is 65.0 Å². The third-order valence-corrected chi connectivity index (χ3v) is 3.91. The Morgan fingerprint density at radius 2 is 1.86 bits per heavy atom. The number of likely N-dealkylation sites (tertiary alicyclic amines) is 1. The van der Waals surface area contributed by atoms with Crippen molar-refractivity contribution >= 4 is 42.1 Å². The molecule has 1 saturated heterocycles. The van der Waals surface area contributed by atoms with Crippen LogP contribution < -0.4 is 16.4 Å². The van der Waals surface area contributed by atoms with E-state index in [2.05, 4.69) is 15.6 Å². The number of rotatable bonds is 7. The third-order valence-electron chi connectivity index (χ3n) is 3.91. The molecule has 0 bridgehead atoms. The molecule has 2 amide bonds. The molecule has 28 heavy (non-hydrogen) atoms. The van der Waals surface area contributed by atoms with Gasteiger partial charge in [0.25, 0.3) is 0 Å². The van der Waals surface area contributed by atoms with E-state index in [4.69, 9.17) is 15.2 Å². The molecule has 1 aliphatic rings. The van der Waals surface area contributed by atoms with E-state index in [1.54, 1.807) is 11.8 Å². The van der Waals surface area contributed by atoms with Gasteiger partial charge < -0.3 is 30.7 Å². The van der Waals surface area contributed by atoms with Gasteiger partial charge in [-0.3, -0.25) is 4.99 Å². The van der Waals surface area contributed by atoms with Crippen LogP contribution in [0.3, 0.4) is 0 Å². The van der Waals surface area contributed by atoms with E-state index in [1.165, 1.54) is 0 Å². The first-order chi connectivity index (χ1) is 12.7. The maximum Gasteiger partial charge on any atom is 0.409 e. The lowest BCUT2D eigenvalue weighted by Gasteiger charge is -2.31. The normalized spacial score (nSPS) is 15.4. The van der Waals surface area contributed by atoms with Crippen LogP contribution in [0.5, 0.6) is 0 Å². The van der Waals surface area contributed by atoms with Crippen LogP contribution in [0.2, 0.25) is 0 Å². The molecule has 0 aromatic heterocycles. The Labute approximate surface area is 185 Å². The number of alkyl carbamates (subject to hydrolysis) is 1. The van der Waals surface area contributed by atoms with Gasteiger partial charge in [0.2, 0.25) is 0 Å². The number of carbonyl (C=O) groups is 2. The Hall–Kier alpha value is -1.46. The second-order valence-corrected chi connectivity index (χ2v) is 7.51. The molecule has 0 saturated carbocycles. The highest BCUT2D eigenvalue weighted by Gasteiger charge is 2.23. The van der Waals surface area contributed by atoms with E-state index in [-0.39, 0.29) is 36.1 Å². The van der Waals surface area contributed by atoms with Crippen molar-refractivity contribution < 1.29 is 19.1 Å². The minimum Gasteiger partial charge on any atom is -0.450 e. The van der Waals surface area contributed by atoms with Gasteiger partial charge in [0.15, 0.2) is 5.96 Å². The van der Waals surface area contributed by atoms with Crippen molar-refractivity contribution in [3.8, 4) is 0 Å². The minimum atomic E-state index is -0.485. The predicted molar refractivity (Wildman–Crippen MR) is 120 cm³/mol. The molecule has 10 heteroatoms. The van der Waals surface area contributed by atoms with Gasteiger partial charge in [0.1, 0.15) is 5.60 Å². The lowest BCUT2D eigenvalue weighted by molar-refractivity contribution is 0.0527. The molecule has 0 unspecified atom stereocenters. The van der Waals surface area contributed by atoms with Crippen LogP contribution in [-0.4, -0.2) is 67.5 Å². The van der Waals surface area contributed by atoms with Crippen molar-refractivity contribution in [1.82, 2.24) is 15.5 Å². The summed E-state index contributed by atoms with van der Waals surface area (Å²) in [5, 5.41) is 5.92. The van der Waals surface area contributed by atoms with Crippen molar-refractivity contribution in [2.75, 3.05) is 32.8 Å². The highest BCUT2D eigenvalue weighted by Crippen LogP contribution is 2.11. The van der Waals surface area contributed by atoms with Gasteiger partial charge in [0.05, 0.1) is 6.61 Å². The van der Waals surface area contributed by atoms with Gasteiger partial charge in [-0.25, -0.2) is 9.59 Å². The van der Waals surface area contributed by atoms with E-state index in [9.17, 15) is 9.59 Å². The maximum atomic E-state index is 11.7. The molecule has 0 aliphatic carbocycles. The van der Waals surface area contributed by atoms with Gasteiger partial charge in [0, 0.05) is 32.2 Å². The smallest absolute Gasteiger partial charge is 0.409 e. The van der Waals surface area contributed by atoms with Crippen molar-refractivity contribution in [1.29, 1.82) is 0 Å². The number of nitrogens with two attached hydrogens (primary N) is 1. The molecule has 0 atom stereocenters. The van der Waals surface area contributed by atoms with Crippen LogP contribution >= 0.6 is 24.0 Å². The van der Waals surface area contributed by atoms with E-state index in [0.29, 0.717) is 38.7 Å². The highest BCUT2D eigenvalue weighted by molar-refractivity contribution is 14.0. The van der Waals surface area contributed by atoms with E-state index in [1.807, 2.05) is 20.8 Å². The molecule has 0 spiro atoms. The molecule has 0 aromatic carbocycles. The molecule has 9 nitrogen and oxygen atoms in total. The van der Waals surface area contributed by atoms with Gasteiger partial charge in [-0.1, -0.05) is 0 Å². The fourth-order valence-corrected chi connectivity index (χ4v) is 2.62. The van der Waals surface area contributed by atoms with E-state index >= 15 is 0 Å². The summed E-state index contributed by atoms with van der Waals surface area (Å²) in [4.78, 5) is 29.2. The summed E-state index contributed by atoms with van der Waals surface area (Å²) in [5.41, 5.74) is 5.44. The lowest BCUT2D eigenvalue weighted by Crippen LogP contribution is -2.48. The number of unbranched alkanes of at least 4 members (excludes halogenated alkanes) is 1. The molecule has 1 aliphatic heterocycles. The van der Waals surface area contributed by atoms with Crippen molar-refractivity contribution in [2.24, 2.45) is 10.7 Å². The summed E-state index contributed by atoms with van der Waals surface area (Å²) in [6.07, 6.45) is 2.59. The lowest BCUT2D eigenvalue weighted by atomic mass is 10.1. The first kappa shape index (κ1) is 26.5. The quantitative estimate of drug-likeness (QED) is 0.208. The molecule has 0 aromatic rings. The Balaban J connectivity index is 0.00000729. The van der Waals surface area contributed by atoms with E-state index < -0.39 is 11.7 Å². The van der Waals surface area contributed by atoms with Crippen LogP contribution in [0.25, 0.3) is 0 Å². The Morgan fingerprint density at radius 3 is 2.43 bits per heavy atom. The van der Waals surface area contributed by atoms with Crippen molar-refractivity contribution in [3.63, 3.8) is 0 Å². The topological polar surface area (TPSA) is 118 Å². The number of amides is 2. The Kier molecular flexibility index (Phi) is 13.0. The van der Waals surface area contributed by atoms with Crippen molar-refractivity contribution in [3.05, 3.63) is 0 Å². The number of nitrogens with one attached hydrogen (secondary N) is 2. The fourth-order valence-electron chi connectivity index (χ4n) is 2.62. The summed E-state index contributed by atoms with van der Waals surface area (Å²) in [7, 11) is 0. The second kappa shape index (κ2) is 13.7. The van der Waals surface area contributed by atoms with Crippen LogP contribution in [0.4, 0.5) is 9.59 Å². The number of aliphatic imine (C=N–C) groups is 1. The average molecular weight is 513 g/mol. The SMILES string of the molecule is CCOC(=O)N1CCC(NC(N)=NCCCCNC(=O)OC(C)(C)C)CC1.I. The minimum absolute atomic E-state index is 0. The number of nitrogens with zero attached hydrogens (tertiary/aromatic N) is 2. The zero-order valence-electron chi connectivity index (χ0n) is 17.5. The molecule has 4 N–H and O–H groups in total. The molecule has 1 rings (SSSR count). The third kappa shape index (κ3) is 12.1. The first-order valence-corrected chi connectivity index (χ1v) is 9.66. The molecule has 1 fully saturated rings. The maximum absolute atomic E-state index is 11.7. The van der Waals surface area contributed by atoms with Crippen LogP contribution in [0.15, 0.2) is 4.99 Å². The number of hydrogen-bond acceptors (Lipinski definition) is 5. The summed E-state index contributed by atoms with van der Waals surface area (Å²) in [6, 6.07) is 0.216. The number of piperidine rings is 1. The molecular formula is C18H36IN5O4. The fraction of sp³-hybridized carbons (Fsp3) is 0.833. The first-order valence-electron chi connectivity index (χ1n) is 9.66. The van der Waals surface area contributed by atoms with Gasteiger partial charge in [-0.05, 0) is 53.4 Å². The van der Waals surface area contributed by atoms with Crippen LogP contribution in [0.1, 0.15) is 53.4 Å². The summed E-state index contributed by atoms with van der Waals surface area (Å²) >= 11 is 0. The molecular weight excluding hydrogens is 477 g/mol. The summed E-state index contributed by atoms with van der Waals surface area (Å²) in [5.74, 6) is 0.421. The molecule has 164 valence electrons. The van der Waals surface area contributed by atoms with E-state index in [0.717, 1.165) is 25.7 Å². The zero-order chi connectivity index (χ0) is 20.3. The van der Waals surface area contributed by atoms with Crippen LogP contribution in [-0.2, 0) is 9.47 Å². The van der Waals surface area contributed by atoms with Gasteiger partial charge >= 0.3 is 12.2 Å². The average Bonchev–Trinajstić information content (AvgIpc) is 2.57. The monoisotopic (exact) mass is 513 g/mol.